The lowest BCUT2D eigenvalue weighted by molar-refractivity contribution is 0.186. The molecule has 5 heterocycles. The summed E-state index contributed by atoms with van der Waals surface area (Å²) >= 11 is 7.95. The summed E-state index contributed by atoms with van der Waals surface area (Å²) in [6.07, 6.45) is 9.85. The van der Waals surface area contributed by atoms with Gasteiger partial charge in [-0.2, -0.15) is 0 Å². The molecule has 4 aromatic heterocycles. The number of imidazole rings is 1. The highest BCUT2D eigenvalue weighted by molar-refractivity contribution is 7.99. The van der Waals surface area contributed by atoms with E-state index in [1.165, 1.54) is 11.8 Å². The van der Waals surface area contributed by atoms with E-state index in [0.29, 0.717) is 33.0 Å². The molecule has 1 aliphatic carbocycles. The molecule has 1 spiro atoms. The molecule has 38 heavy (non-hydrogen) atoms. The van der Waals surface area contributed by atoms with Crippen molar-refractivity contribution < 1.29 is 0 Å². The van der Waals surface area contributed by atoms with Gasteiger partial charge in [0, 0.05) is 67.2 Å². The first-order valence-corrected chi connectivity index (χ1v) is 13.6. The molecule has 4 aromatic rings. The average molecular weight is 536 g/mol. The molecule has 13 heteroatoms. The molecule has 1 atom stereocenters. The van der Waals surface area contributed by atoms with Crippen molar-refractivity contribution in [3.63, 3.8) is 0 Å². The predicted molar refractivity (Wildman–Crippen MR) is 154 cm³/mol. The van der Waals surface area contributed by atoms with Crippen LogP contribution in [0.25, 0.3) is 5.65 Å². The van der Waals surface area contributed by atoms with Gasteiger partial charge in [0.1, 0.15) is 5.82 Å². The van der Waals surface area contributed by atoms with E-state index in [1.54, 1.807) is 19.4 Å². The van der Waals surface area contributed by atoms with Gasteiger partial charge in [-0.05, 0) is 42.4 Å². The van der Waals surface area contributed by atoms with Crippen LogP contribution in [0.1, 0.15) is 35.8 Å². The van der Waals surface area contributed by atoms with Crippen LogP contribution in [0.2, 0.25) is 5.02 Å². The summed E-state index contributed by atoms with van der Waals surface area (Å²) in [5.41, 5.74) is 10.0. The van der Waals surface area contributed by atoms with Crippen molar-refractivity contribution in [3.05, 3.63) is 65.0 Å². The molecule has 3 N–H and O–H groups in total. The Hall–Kier alpha value is -2.69. The van der Waals surface area contributed by atoms with Gasteiger partial charge in [-0.15, -0.1) is 0 Å². The van der Waals surface area contributed by atoms with Crippen LogP contribution in [-0.2, 0) is 11.5 Å². The van der Waals surface area contributed by atoms with Crippen molar-refractivity contribution >= 4 is 64.3 Å². The first-order valence-electron chi connectivity index (χ1n) is 12.4. The number of hydrogen-bond acceptors (Lipinski definition) is 8. The second-order valence-electron chi connectivity index (χ2n) is 10.0. The van der Waals surface area contributed by atoms with Gasteiger partial charge in [-0.3, -0.25) is 9.38 Å². The van der Waals surface area contributed by atoms with Crippen molar-refractivity contribution in [2.45, 2.75) is 40.2 Å². The fraction of sp³-hybridized carbons (Fsp3) is 0.360. The van der Waals surface area contributed by atoms with Crippen LogP contribution >= 0.6 is 23.4 Å². The van der Waals surface area contributed by atoms with Gasteiger partial charge < -0.3 is 16.0 Å². The van der Waals surface area contributed by atoms with Gasteiger partial charge in [0.25, 0.3) is 0 Å². The van der Waals surface area contributed by atoms with Gasteiger partial charge in [-0.25, -0.2) is 15.0 Å². The number of nitrogens with one attached hydrogen (secondary N) is 1. The van der Waals surface area contributed by atoms with Gasteiger partial charge in [0.15, 0.2) is 5.65 Å². The Bertz CT molecular complexity index is 1520. The SMILES string of the molecule is [B]C([B])([B])c1nc(N2CCC3(CC2)Cc2ncccc2[C@H]3N)n2ccnc2c1Sc1ccnc(NC)c1Cl. The Labute approximate surface area is 234 Å². The Morgan fingerprint density at radius 2 is 1.92 bits per heavy atom. The summed E-state index contributed by atoms with van der Waals surface area (Å²) in [5.74, 6) is 1.25. The lowest BCUT2D eigenvalue weighted by Gasteiger charge is -2.42. The zero-order valence-electron chi connectivity index (χ0n) is 20.9. The number of nitrogens with two attached hydrogens (primary N) is 1. The van der Waals surface area contributed by atoms with E-state index >= 15 is 0 Å². The highest BCUT2D eigenvalue weighted by Gasteiger charge is 2.47. The molecule has 0 aromatic carbocycles. The molecule has 1 saturated heterocycles. The minimum atomic E-state index is -1.70. The summed E-state index contributed by atoms with van der Waals surface area (Å²) in [6.45, 7) is 1.53. The van der Waals surface area contributed by atoms with Gasteiger partial charge in [0.05, 0.1) is 33.5 Å². The monoisotopic (exact) mass is 536 g/mol. The van der Waals surface area contributed by atoms with Crippen molar-refractivity contribution in [1.82, 2.24) is 24.3 Å². The number of halogens is 1. The quantitative estimate of drug-likeness (QED) is 0.376. The highest BCUT2D eigenvalue weighted by atomic mass is 35.5. The van der Waals surface area contributed by atoms with Crippen LogP contribution in [0.15, 0.2) is 52.8 Å². The van der Waals surface area contributed by atoms with E-state index in [2.05, 4.69) is 31.2 Å². The summed E-state index contributed by atoms with van der Waals surface area (Å²) in [6, 6.07) is 5.86. The maximum atomic E-state index is 6.76. The molecule has 6 rings (SSSR count). The largest absolute Gasteiger partial charge is 0.372 e. The molecule has 0 amide bonds. The summed E-state index contributed by atoms with van der Waals surface area (Å²) in [5, 5.41) is 1.77. The van der Waals surface area contributed by atoms with E-state index in [1.807, 2.05) is 28.9 Å². The molecule has 6 radical (unpaired) electrons. The van der Waals surface area contributed by atoms with Crippen LogP contribution in [-0.4, -0.2) is 68.0 Å². The zero-order chi connectivity index (χ0) is 26.7. The number of nitrogens with zero attached hydrogens (tertiary/aromatic N) is 6. The van der Waals surface area contributed by atoms with Gasteiger partial charge in [0.2, 0.25) is 5.95 Å². The third-order valence-corrected chi connectivity index (χ3v) is 9.32. The normalized spacial score (nSPS) is 18.7. The second-order valence-corrected chi connectivity index (χ2v) is 11.4. The highest BCUT2D eigenvalue weighted by Crippen LogP contribution is 2.50. The average Bonchev–Trinajstić information content (AvgIpc) is 3.49. The first kappa shape index (κ1) is 25.6. The number of rotatable bonds is 5. The van der Waals surface area contributed by atoms with Crippen LogP contribution in [0, 0.1) is 5.41 Å². The number of pyridine rings is 2. The number of piperidine rings is 1. The molecule has 2 aliphatic rings. The van der Waals surface area contributed by atoms with Crippen molar-refractivity contribution in [2.24, 2.45) is 11.1 Å². The maximum absolute atomic E-state index is 6.76. The number of hydrogen-bond donors (Lipinski definition) is 2. The van der Waals surface area contributed by atoms with E-state index in [4.69, 9.17) is 45.9 Å². The predicted octanol–water partition coefficient (Wildman–Crippen LogP) is 2.82. The van der Waals surface area contributed by atoms with E-state index in [0.717, 1.165) is 48.5 Å². The Morgan fingerprint density at radius 1 is 1.13 bits per heavy atom. The topological polar surface area (TPSA) is 97.3 Å². The Kier molecular flexibility index (Phi) is 6.40. The number of aromatic nitrogens is 5. The number of fused-ring (bicyclic) bond motifs is 2. The third kappa shape index (κ3) is 4.17. The first-order chi connectivity index (χ1) is 18.2. The number of anilines is 2. The molecule has 1 aliphatic heterocycles. The summed E-state index contributed by atoms with van der Waals surface area (Å²) in [4.78, 5) is 22.0. The second kappa shape index (κ2) is 9.50. The van der Waals surface area contributed by atoms with Crippen molar-refractivity contribution in [2.75, 3.05) is 30.4 Å². The van der Waals surface area contributed by atoms with Crippen LogP contribution in [0.3, 0.4) is 0 Å². The lowest BCUT2D eigenvalue weighted by Crippen LogP contribution is -2.45. The molecular weight excluding hydrogens is 512 g/mol. The molecular formula is C25H24B3ClN8S. The molecule has 0 unspecified atom stereocenters. The molecule has 0 saturated carbocycles. The maximum Gasteiger partial charge on any atom is 0.211 e. The molecule has 186 valence electrons. The third-order valence-electron chi connectivity index (χ3n) is 7.68. The van der Waals surface area contributed by atoms with Crippen LogP contribution < -0.4 is 16.0 Å². The minimum absolute atomic E-state index is 0.0116. The smallest absolute Gasteiger partial charge is 0.211 e. The van der Waals surface area contributed by atoms with Gasteiger partial charge in [-0.1, -0.05) is 34.5 Å². The Morgan fingerprint density at radius 3 is 2.63 bits per heavy atom. The van der Waals surface area contributed by atoms with E-state index < -0.39 is 5.11 Å². The standard InChI is InChI=1S/C25H24B3ClN8S/c1-31-21-17(29)16(4-8-33-21)38-18-20(25(26,27)28)35-23(37-12-9-34-22(18)37)36-10-5-24(6-11-36)13-15-14(19(24)30)3-2-7-32-15/h2-4,7-9,12,19H,5-6,10-11,13,30H2,1H3,(H,31,33)/t19-/m1/s1. The summed E-state index contributed by atoms with van der Waals surface area (Å²) in [7, 11) is 20.6. The van der Waals surface area contributed by atoms with Crippen molar-refractivity contribution in [3.8, 4) is 0 Å². The molecule has 1 fully saturated rings. The molecule has 0 bridgehead atoms. The van der Waals surface area contributed by atoms with E-state index in [-0.39, 0.29) is 11.5 Å². The van der Waals surface area contributed by atoms with E-state index in [9.17, 15) is 0 Å². The minimum Gasteiger partial charge on any atom is -0.372 e. The van der Waals surface area contributed by atoms with Gasteiger partial charge >= 0.3 is 0 Å². The van der Waals surface area contributed by atoms with Crippen LogP contribution in [0.5, 0.6) is 0 Å². The Balaban J connectivity index is 1.36. The zero-order valence-corrected chi connectivity index (χ0v) is 22.5. The lowest BCUT2D eigenvalue weighted by atomic mass is 9.41. The van der Waals surface area contributed by atoms with Crippen molar-refractivity contribution in [1.29, 1.82) is 0 Å². The summed E-state index contributed by atoms with van der Waals surface area (Å²) < 4.78 is 1.95. The fourth-order valence-corrected chi connectivity index (χ4v) is 7.06. The molecule has 8 nitrogen and oxygen atoms in total. The fourth-order valence-electron chi connectivity index (χ4n) is 5.64. The van der Waals surface area contributed by atoms with Crippen LogP contribution in [0.4, 0.5) is 11.8 Å².